The van der Waals surface area contributed by atoms with Gasteiger partial charge in [0.2, 0.25) is 0 Å². The van der Waals surface area contributed by atoms with Crippen LogP contribution in [-0.2, 0) is 0 Å². The fourth-order valence-electron chi connectivity index (χ4n) is 2.14. The van der Waals surface area contributed by atoms with Gasteiger partial charge in [-0.1, -0.05) is 18.2 Å². The van der Waals surface area contributed by atoms with Crippen molar-refractivity contribution in [1.29, 1.82) is 0 Å². The number of aliphatic hydroxyl groups excluding tert-OH is 1. The van der Waals surface area contributed by atoms with E-state index in [2.05, 4.69) is 5.32 Å². The molecule has 21 heavy (non-hydrogen) atoms. The van der Waals surface area contributed by atoms with Gasteiger partial charge in [-0.25, -0.2) is 0 Å². The second-order valence-corrected chi connectivity index (χ2v) is 6.88. The number of amides is 1. The van der Waals surface area contributed by atoms with Gasteiger partial charge in [-0.05, 0) is 41.5 Å². The van der Waals surface area contributed by atoms with Crippen molar-refractivity contribution in [2.45, 2.75) is 13.0 Å². The number of carbonyl (C=O) groups is 1. The number of fused-ring (bicyclic) bond motifs is 1. The first-order chi connectivity index (χ1) is 10.1. The molecule has 3 rings (SSSR count). The molecule has 0 bridgehead atoms. The Bertz CT molecular complexity index is 742. The standard InChI is InChI=1S/C16H15NO2S2/c1-10-6-7-20-15(10)16(19)17-9-12(18)14-8-11-4-2-3-5-13(11)21-14/h2-8,12,18H,9H2,1H3,(H,17,19)/t12-/m1/s1. The van der Waals surface area contributed by atoms with Crippen LogP contribution in [0.25, 0.3) is 10.1 Å². The van der Waals surface area contributed by atoms with E-state index >= 15 is 0 Å². The minimum atomic E-state index is -0.674. The maximum Gasteiger partial charge on any atom is 0.261 e. The van der Waals surface area contributed by atoms with Crippen molar-refractivity contribution in [3.63, 3.8) is 0 Å². The number of thiophene rings is 2. The second-order valence-electron chi connectivity index (χ2n) is 4.85. The summed E-state index contributed by atoms with van der Waals surface area (Å²) in [7, 11) is 0. The van der Waals surface area contributed by atoms with Gasteiger partial charge in [0.15, 0.2) is 0 Å². The second kappa shape index (κ2) is 5.97. The topological polar surface area (TPSA) is 49.3 Å². The minimum Gasteiger partial charge on any atom is -0.386 e. The van der Waals surface area contributed by atoms with Crippen LogP contribution in [0.3, 0.4) is 0 Å². The molecule has 0 saturated carbocycles. The van der Waals surface area contributed by atoms with Gasteiger partial charge >= 0.3 is 0 Å². The number of benzene rings is 1. The summed E-state index contributed by atoms with van der Waals surface area (Å²) in [5.41, 5.74) is 0.967. The molecule has 0 aliphatic heterocycles. The summed E-state index contributed by atoms with van der Waals surface area (Å²) in [6.07, 6.45) is -0.674. The average Bonchev–Trinajstić information content (AvgIpc) is 3.10. The van der Waals surface area contributed by atoms with E-state index in [0.29, 0.717) is 4.88 Å². The van der Waals surface area contributed by atoms with Crippen molar-refractivity contribution >= 4 is 38.7 Å². The Morgan fingerprint density at radius 3 is 2.86 bits per heavy atom. The van der Waals surface area contributed by atoms with Gasteiger partial charge < -0.3 is 10.4 Å². The van der Waals surface area contributed by atoms with Crippen molar-refractivity contribution in [2.75, 3.05) is 6.54 Å². The highest BCUT2D eigenvalue weighted by molar-refractivity contribution is 7.19. The first-order valence-electron chi connectivity index (χ1n) is 6.64. The number of aliphatic hydroxyl groups is 1. The van der Waals surface area contributed by atoms with Gasteiger partial charge in [0, 0.05) is 16.1 Å². The maximum absolute atomic E-state index is 12.0. The van der Waals surface area contributed by atoms with Crippen LogP contribution in [0.2, 0.25) is 0 Å². The van der Waals surface area contributed by atoms with Crippen LogP contribution < -0.4 is 5.32 Å². The van der Waals surface area contributed by atoms with E-state index in [1.165, 1.54) is 11.3 Å². The third kappa shape index (κ3) is 3.00. The summed E-state index contributed by atoms with van der Waals surface area (Å²) in [5.74, 6) is -0.123. The van der Waals surface area contributed by atoms with Crippen molar-refractivity contribution in [2.24, 2.45) is 0 Å². The molecule has 0 saturated heterocycles. The van der Waals surface area contributed by atoms with E-state index in [9.17, 15) is 9.90 Å². The Labute approximate surface area is 130 Å². The molecule has 0 fully saturated rings. The van der Waals surface area contributed by atoms with Gasteiger partial charge in [-0.3, -0.25) is 4.79 Å². The summed E-state index contributed by atoms with van der Waals surface area (Å²) in [6, 6.07) is 11.9. The number of hydrogen-bond acceptors (Lipinski definition) is 4. The predicted molar refractivity (Wildman–Crippen MR) is 88.2 cm³/mol. The highest BCUT2D eigenvalue weighted by Gasteiger charge is 2.15. The first-order valence-corrected chi connectivity index (χ1v) is 8.33. The van der Waals surface area contributed by atoms with Crippen LogP contribution in [0.5, 0.6) is 0 Å². The average molecular weight is 317 g/mol. The SMILES string of the molecule is Cc1ccsc1C(=O)NC[C@@H](O)c1cc2ccccc2s1. The number of hydrogen-bond donors (Lipinski definition) is 2. The molecular weight excluding hydrogens is 302 g/mol. The first kappa shape index (κ1) is 14.3. The van der Waals surface area contributed by atoms with Crippen LogP contribution in [0.15, 0.2) is 41.8 Å². The van der Waals surface area contributed by atoms with Crippen LogP contribution >= 0.6 is 22.7 Å². The molecule has 0 aliphatic rings. The molecule has 1 aromatic carbocycles. The summed E-state index contributed by atoms with van der Waals surface area (Å²) < 4.78 is 1.15. The molecule has 5 heteroatoms. The van der Waals surface area contributed by atoms with Gasteiger partial charge in [0.05, 0.1) is 4.88 Å². The number of aryl methyl sites for hydroxylation is 1. The largest absolute Gasteiger partial charge is 0.386 e. The van der Waals surface area contributed by atoms with E-state index in [4.69, 9.17) is 0 Å². The van der Waals surface area contributed by atoms with Crippen molar-refractivity contribution in [1.82, 2.24) is 5.32 Å². The lowest BCUT2D eigenvalue weighted by Gasteiger charge is -2.09. The Morgan fingerprint density at radius 2 is 2.14 bits per heavy atom. The van der Waals surface area contributed by atoms with Crippen molar-refractivity contribution < 1.29 is 9.90 Å². The third-order valence-corrected chi connectivity index (χ3v) is 5.53. The molecule has 2 aromatic heterocycles. The molecule has 0 radical (unpaired) electrons. The molecule has 2 N–H and O–H groups in total. The van der Waals surface area contributed by atoms with Crippen LogP contribution in [0.1, 0.15) is 26.2 Å². The van der Waals surface area contributed by atoms with Crippen LogP contribution in [0, 0.1) is 6.92 Å². The van der Waals surface area contributed by atoms with E-state index in [1.807, 2.05) is 48.7 Å². The molecule has 3 nitrogen and oxygen atoms in total. The lowest BCUT2D eigenvalue weighted by atomic mass is 10.2. The predicted octanol–water partition coefficient (Wildman–Crippen LogP) is 3.73. The lowest BCUT2D eigenvalue weighted by molar-refractivity contribution is 0.0921. The van der Waals surface area contributed by atoms with Crippen molar-refractivity contribution in [3.05, 3.63) is 57.1 Å². The van der Waals surface area contributed by atoms with Gasteiger partial charge in [-0.2, -0.15) is 0 Å². The van der Waals surface area contributed by atoms with Gasteiger partial charge in [-0.15, -0.1) is 22.7 Å². The van der Waals surface area contributed by atoms with Crippen LogP contribution in [-0.4, -0.2) is 17.6 Å². The zero-order chi connectivity index (χ0) is 14.8. The summed E-state index contributed by atoms with van der Waals surface area (Å²) >= 11 is 2.98. The minimum absolute atomic E-state index is 0.123. The zero-order valence-electron chi connectivity index (χ0n) is 11.5. The molecular formula is C16H15NO2S2. The van der Waals surface area contributed by atoms with Gasteiger partial charge in [0.1, 0.15) is 6.10 Å². The third-order valence-electron chi connectivity index (χ3n) is 3.30. The monoisotopic (exact) mass is 317 g/mol. The normalized spacial score (nSPS) is 12.5. The smallest absolute Gasteiger partial charge is 0.261 e. The maximum atomic E-state index is 12.0. The van der Waals surface area contributed by atoms with E-state index < -0.39 is 6.10 Å². The highest BCUT2D eigenvalue weighted by Crippen LogP contribution is 2.29. The molecule has 1 atom stereocenters. The molecule has 108 valence electrons. The molecule has 1 amide bonds. The fraction of sp³-hybridized carbons (Fsp3) is 0.188. The fourth-order valence-corrected chi connectivity index (χ4v) is 4.03. The molecule has 2 heterocycles. The zero-order valence-corrected chi connectivity index (χ0v) is 13.1. The van der Waals surface area contributed by atoms with Crippen LogP contribution in [0.4, 0.5) is 0 Å². The quantitative estimate of drug-likeness (QED) is 0.770. The Kier molecular flexibility index (Phi) is 4.05. The molecule has 0 aliphatic carbocycles. The summed E-state index contributed by atoms with van der Waals surface area (Å²) in [4.78, 5) is 13.6. The van der Waals surface area contributed by atoms with E-state index in [-0.39, 0.29) is 12.5 Å². The summed E-state index contributed by atoms with van der Waals surface area (Å²) in [5, 5.41) is 16.1. The van der Waals surface area contributed by atoms with Crippen molar-refractivity contribution in [3.8, 4) is 0 Å². The lowest BCUT2D eigenvalue weighted by Crippen LogP contribution is -2.27. The highest BCUT2D eigenvalue weighted by atomic mass is 32.1. The Morgan fingerprint density at radius 1 is 1.33 bits per heavy atom. The number of carbonyl (C=O) groups excluding carboxylic acids is 1. The molecule has 0 spiro atoms. The molecule has 3 aromatic rings. The van der Waals surface area contributed by atoms with Gasteiger partial charge in [0.25, 0.3) is 5.91 Å². The van der Waals surface area contributed by atoms with E-state index in [1.54, 1.807) is 11.3 Å². The van der Waals surface area contributed by atoms with E-state index in [0.717, 1.165) is 20.5 Å². The summed E-state index contributed by atoms with van der Waals surface area (Å²) in [6.45, 7) is 2.14. The Balaban J connectivity index is 1.67. The number of rotatable bonds is 4. The Hall–Kier alpha value is -1.69. The number of nitrogens with one attached hydrogen (secondary N) is 1. The molecule has 0 unspecified atom stereocenters.